The molecule has 0 spiro atoms. The van der Waals surface area contributed by atoms with Crippen LogP contribution in [-0.4, -0.2) is 129 Å². The molecule has 5 aromatic carbocycles. The maximum Gasteiger partial charge on any atom is 0.295 e. The van der Waals surface area contributed by atoms with Crippen molar-refractivity contribution in [3.63, 3.8) is 0 Å². The monoisotopic (exact) mass is 1400 g/mol. The summed E-state index contributed by atoms with van der Waals surface area (Å²) < 4.78 is 165. The summed E-state index contributed by atoms with van der Waals surface area (Å²) in [6, 6.07) is 22.5. The zero-order chi connectivity index (χ0) is 68.5. The van der Waals surface area contributed by atoms with Crippen LogP contribution in [0.15, 0.2) is 146 Å². The van der Waals surface area contributed by atoms with E-state index < -0.39 is 93.0 Å². The van der Waals surface area contributed by atoms with E-state index in [1.54, 1.807) is 61.2 Å². The minimum atomic E-state index is -5.10. The Morgan fingerprint density at radius 2 is 1.38 bits per heavy atom. The van der Waals surface area contributed by atoms with Gasteiger partial charge in [-0.15, -0.1) is 10.2 Å². The van der Waals surface area contributed by atoms with E-state index >= 15 is 0 Å². The van der Waals surface area contributed by atoms with Gasteiger partial charge in [0.05, 0.1) is 32.2 Å². The van der Waals surface area contributed by atoms with Crippen LogP contribution in [0.1, 0.15) is 123 Å². The largest absolute Gasteiger partial charge is 0.352 e. The molecule has 2 aliphatic rings. The van der Waals surface area contributed by atoms with Crippen molar-refractivity contribution >= 4 is 129 Å². The van der Waals surface area contributed by atoms with Crippen molar-refractivity contribution in [2.24, 2.45) is 5.14 Å². The first-order valence-corrected chi connectivity index (χ1v) is 37.6. The highest BCUT2D eigenvalue weighted by atomic mass is 32.3. The third-order valence-corrected chi connectivity index (χ3v) is 21.7. The van der Waals surface area contributed by atoms with Gasteiger partial charge >= 0.3 is 0 Å². The molecule has 4 heterocycles. The standard InChI is InChI=1S/C62H67N9O17S6/c1-6-7-30-70-49-25-19-39-17-22-43(92(80,81)82)33-46(39)55(49)61(2,3)52(70)27-20-40(21-28-53-62(4,5)56-47-34-44(93(83,84)85)35-51(94(86,87)88)45(47)23-26-50(56)71(53)31-11-32-90(75,76)77)48-24-18-42(37-65-48)57(73)64-29-10-8-9-12-54(72)66-36-38-13-15-41(16-14-38)58(74)67-59-68-69-60(89-59)91(63,78)79/h13-28,33-35,37H,6-12,29-32,36H2,1-5H3,(H8-,63,64,66,67,68,72,73,74,75,76,77,78,79,80,81,82,83,84,85,86,87,88)/p+1. The van der Waals surface area contributed by atoms with Gasteiger partial charge in [0.1, 0.15) is 11.4 Å². The molecule has 0 atom stereocenters. The predicted molar refractivity (Wildman–Crippen MR) is 354 cm³/mol. The third-order valence-electron chi connectivity index (χ3n) is 16.2. The van der Waals surface area contributed by atoms with E-state index in [1.165, 1.54) is 42.6 Å². The van der Waals surface area contributed by atoms with Crippen molar-refractivity contribution in [2.45, 2.75) is 116 Å². The lowest BCUT2D eigenvalue weighted by atomic mass is 9.79. The Hall–Kier alpha value is -8.02. The molecule has 0 bridgehead atoms. The molecule has 94 heavy (non-hydrogen) atoms. The maximum atomic E-state index is 13.6. The van der Waals surface area contributed by atoms with Crippen LogP contribution in [0.3, 0.4) is 0 Å². The van der Waals surface area contributed by atoms with E-state index in [0.717, 1.165) is 41.3 Å². The summed E-state index contributed by atoms with van der Waals surface area (Å²) in [5, 5.41) is 21.6. The number of nitrogens with zero attached hydrogens (tertiary/aromatic N) is 5. The predicted octanol–water partition coefficient (Wildman–Crippen LogP) is 8.26. The first-order chi connectivity index (χ1) is 44.0. The molecule has 0 saturated heterocycles. The maximum absolute atomic E-state index is 13.6. The molecule has 26 nitrogen and oxygen atoms in total. The van der Waals surface area contributed by atoms with Gasteiger partial charge in [-0.2, -0.15) is 38.2 Å². The number of sulfonamides is 1. The summed E-state index contributed by atoms with van der Waals surface area (Å²) in [7, 11) is -23.3. The Labute approximate surface area is 547 Å². The Morgan fingerprint density at radius 3 is 2.02 bits per heavy atom. The molecule has 2 aliphatic heterocycles. The smallest absolute Gasteiger partial charge is 0.295 e. The Morgan fingerprint density at radius 1 is 0.691 bits per heavy atom. The fourth-order valence-electron chi connectivity index (χ4n) is 11.7. The fourth-order valence-corrected chi connectivity index (χ4v) is 15.4. The second-order valence-corrected chi connectivity index (χ2v) is 32.0. The number of benzene rings is 5. The van der Waals surface area contributed by atoms with Gasteiger partial charge in [-0.05, 0) is 133 Å². The average Bonchev–Trinajstić information content (AvgIpc) is 1.55. The van der Waals surface area contributed by atoms with E-state index in [4.69, 9.17) is 10.1 Å². The van der Waals surface area contributed by atoms with Crippen LogP contribution in [0.5, 0.6) is 0 Å². The van der Waals surface area contributed by atoms with Crippen molar-refractivity contribution in [2.75, 3.05) is 35.6 Å². The molecule has 32 heteroatoms. The van der Waals surface area contributed by atoms with E-state index in [9.17, 15) is 74.7 Å². The number of nitrogens with one attached hydrogen (secondary N) is 3. The molecular formula is C62H68N9O17S6+. The van der Waals surface area contributed by atoms with Crippen LogP contribution in [0.4, 0.5) is 16.5 Å². The number of amides is 3. The van der Waals surface area contributed by atoms with Gasteiger partial charge in [0.2, 0.25) is 21.1 Å². The summed E-state index contributed by atoms with van der Waals surface area (Å²) in [4.78, 5) is 43.7. The lowest BCUT2D eigenvalue weighted by Gasteiger charge is -2.27. The number of fused-ring (bicyclic) bond motifs is 6. The van der Waals surface area contributed by atoms with Crippen molar-refractivity contribution in [3.05, 3.63) is 161 Å². The topological polar surface area (TPSA) is 410 Å². The summed E-state index contributed by atoms with van der Waals surface area (Å²) in [5.74, 6) is -1.84. The molecular weight excluding hydrogens is 1340 g/mol. The summed E-state index contributed by atoms with van der Waals surface area (Å²) >= 11 is 0.606. The normalized spacial score (nSPS) is 15.5. The summed E-state index contributed by atoms with van der Waals surface area (Å²) in [5.41, 5.74) is 3.64. The third kappa shape index (κ3) is 15.9. The molecule has 0 fully saturated rings. The SMILES string of the molecule is CCCC[N+]1=C(/C=C/C(=C/C=C2/N(CCCS(=O)(=O)O)c3ccc4c(S(=O)(=O)O)cc(S(=O)(=O)O)cc4c3C2(C)C)c2ccc(C(=O)NCCCCCC(=O)NCc3ccc(C(=O)Nc4nnc(S(N)(=O)=O)s4)cc3)cn2)C(C)(C)c2c1ccc1ccc(S(=O)(=O)O)cc21. The second kappa shape index (κ2) is 27.4. The highest BCUT2D eigenvalue weighted by molar-refractivity contribution is 7.91. The minimum Gasteiger partial charge on any atom is -0.352 e. The van der Waals surface area contributed by atoms with Gasteiger partial charge in [0.25, 0.3) is 62.3 Å². The van der Waals surface area contributed by atoms with Gasteiger partial charge in [0, 0.05) is 89.7 Å². The van der Waals surface area contributed by atoms with E-state index in [-0.39, 0.29) is 70.3 Å². The fraction of sp³-hybridized carbons (Fsp3) is 0.306. The highest BCUT2D eigenvalue weighted by Crippen LogP contribution is 2.52. The molecule has 2 aromatic heterocycles. The number of hydrogen-bond acceptors (Lipinski definition) is 18. The van der Waals surface area contributed by atoms with Gasteiger partial charge in [0.15, 0.2) is 5.71 Å². The number of rotatable bonds is 26. The Kier molecular flexibility index (Phi) is 20.5. The number of allylic oxidation sites excluding steroid dienone is 6. The van der Waals surface area contributed by atoms with Crippen LogP contribution in [0, 0.1) is 0 Å². The number of unbranched alkanes of at least 4 members (excludes halogenated alkanes) is 3. The lowest BCUT2D eigenvalue weighted by Crippen LogP contribution is -2.28. The molecule has 9 N–H and O–H groups in total. The summed E-state index contributed by atoms with van der Waals surface area (Å²) in [6.45, 7) is 10.5. The minimum absolute atomic E-state index is 0.0304. The summed E-state index contributed by atoms with van der Waals surface area (Å²) in [6.07, 6.45) is 11.9. The van der Waals surface area contributed by atoms with Crippen molar-refractivity contribution in [3.8, 4) is 0 Å². The molecule has 9 rings (SSSR count). The van der Waals surface area contributed by atoms with Crippen LogP contribution < -0.4 is 26.0 Å². The first kappa shape index (κ1) is 70.3. The molecule has 0 aliphatic carbocycles. The molecule has 7 aromatic rings. The van der Waals surface area contributed by atoms with Crippen LogP contribution in [0.25, 0.3) is 27.1 Å². The van der Waals surface area contributed by atoms with Gasteiger partial charge in [-0.3, -0.25) is 42.9 Å². The van der Waals surface area contributed by atoms with Crippen LogP contribution in [0.2, 0.25) is 0 Å². The molecule has 3 amide bonds. The van der Waals surface area contributed by atoms with Gasteiger partial charge < -0.3 is 15.5 Å². The zero-order valence-electron chi connectivity index (χ0n) is 51.4. The van der Waals surface area contributed by atoms with Crippen LogP contribution in [-0.2, 0) is 72.7 Å². The number of pyridine rings is 1. The number of aromatic nitrogens is 3. The lowest BCUT2D eigenvalue weighted by molar-refractivity contribution is -0.438. The number of anilines is 2. The van der Waals surface area contributed by atoms with Gasteiger partial charge in [-0.25, -0.2) is 13.6 Å². The second-order valence-electron chi connectivity index (χ2n) is 23.5. The van der Waals surface area contributed by atoms with Crippen molar-refractivity contribution < 1.29 is 79.3 Å². The average molecular weight is 1400 g/mol. The van der Waals surface area contributed by atoms with E-state index in [0.29, 0.717) is 82.4 Å². The molecule has 0 saturated carbocycles. The zero-order valence-corrected chi connectivity index (χ0v) is 56.3. The molecule has 0 unspecified atom stereocenters. The first-order valence-electron chi connectivity index (χ1n) is 29.3. The van der Waals surface area contributed by atoms with E-state index in [1.807, 2.05) is 45.1 Å². The number of nitrogens with two attached hydrogens (primary N) is 1. The Balaban J connectivity index is 0.978. The number of carbonyl (C=O) groups is 3. The molecule has 498 valence electrons. The molecule has 0 radical (unpaired) electrons. The Bertz CT molecular complexity index is 4930. The number of carbonyl (C=O) groups excluding carboxylic acids is 3. The number of primary sulfonamides is 1. The van der Waals surface area contributed by atoms with E-state index in [2.05, 4.69) is 30.7 Å². The van der Waals surface area contributed by atoms with Crippen molar-refractivity contribution in [1.82, 2.24) is 25.8 Å². The quantitative estimate of drug-likeness (QED) is 0.00831. The van der Waals surface area contributed by atoms with Crippen LogP contribution >= 0.6 is 11.3 Å². The van der Waals surface area contributed by atoms with Gasteiger partial charge in [-0.1, -0.05) is 75.3 Å². The van der Waals surface area contributed by atoms with Crippen molar-refractivity contribution in [1.29, 1.82) is 0 Å². The number of hydrogen-bond donors (Lipinski definition) is 8. The highest BCUT2D eigenvalue weighted by Gasteiger charge is 2.46.